The molecule has 3 atom stereocenters. The minimum absolute atomic E-state index is 0.134. The van der Waals surface area contributed by atoms with Gasteiger partial charge in [-0.1, -0.05) is 24.3 Å². The first-order valence-corrected chi connectivity index (χ1v) is 3.65. The molecule has 2 rings (SSSR count). The van der Waals surface area contributed by atoms with Crippen molar-refractivity contribution in [1.82, 2.24) is 0 Å². The Balaban J connectivity index is 2.33. The molecule has 0 spiro atoms. The van der Waals surface area contributed by atoms with Crippen LogP contribution in [0, 0.1) is 17.8 Å². The zero-order chi connectivity index (χ0) is 7.14. The number of rotatable bonds is 1. The van der Waals surface area contributed by atoms with Gasteiger partial charge in [0.25, 0.3) is 0 Å². The molecule has 0 N–H and O–H groups in total. The van der Waals surface area contributed by atoms with Crippen molar-refractivity contribution in [1.29, 1.82) is 0 Å². The van der Waals surface area contributed by atoms with Gasteiger partial charge in [0, 0.05) is 5.92 Å². The maximum Gasteiger partial charge on any atom is 0.127 e. The fourth-order valence-corrected chi connectivity index (χ4v) is 1.98. The van der Waals surface area contributed by atoms with Crippen molar-refractivity contribution in [3.05, 3.63) is 24.3 Å². The van der Waals surface area contributed by atoms with Crippen LogP contribution in [0.1, 0.15) is 6.42 Å². The summed E-state index contributed by atoms with van der Waals surface area (Å²) in [6, 6.07) is 0. The first-order chi connectivity index (χ1) is 4.83. The minimum Gasteiger partial charge on any atom is -0.303 e. The number of carbonyl (C=O) groups is 1. The zero-order valence-electron chi connectivity index (χ0n) is 5.79. The molecule has 0 aromatic carbocycles. The first-order valence-electron chi connectivity index (χ1n) is 3.65. The summed E-state index contributed by atoms with van der Waals surface area (Å²) in [5.74, 6) is 1.13. The third-order valence-corrected chi connectivity index (χ3v) is 2.63. The first kappa shape index (κ1) is 5.90. The number of fused-ring (bicyclic) bond motifs is 2. The molecule has 0 unspecified atom stereocenters. The maximum atomic E-state index is 10.5. The van der Waals surface area contributed by atoms with Gasteiger partial charge in [-0.15, -0.1) is 0 Å². The van der Waals surface area contributed by atoms with E-state index in [1.807, 2.05) is 0 Å². The van der Waals surface area contributed by atoms with Gasteiger partial charge in [0.05, 0.1) is 0 Å². The maximum absolute atomic E-state index is 10.5. The predicted molar refractivity (Wildman–Crippen MR) is 39.4 cm³/mol. The lowest BCUT2D eigenvalue weighted by atomic mass is 9.91. The van der Waals surface area contributed by atoms with Crippen molar-refractivity contribution in [3.63, 3.8) is 0 Å². The smallest absolute Gasteiger partial charge is 0.127 e. The highest BCUT2D eigenvalue weighted by molar-refractivity contribution is 5.63. The van der Waals surface area contributed by atoms with Crippen LogP contribution in [0.25, 0.3) is 0 Å². The molecular weight excluding hydrogens is 124 g/mol. The highest BCUT2D eigenvalue weighted by Gasteiger charge is 2.38. The minimum atomic E-state index is 0.134. The van der Waals surface area contributed by atoms with E-state index in [0.717, 1.165) is 18.3 Å². The van der Waals surface area contributed by atoms with E-state index < -0.39 is 0 Å². The molecule has 1 nitrogen and oxygen atoms in total. The molecule has 0 aliphatic heterocycles. The Morgan fingerprint density at radius 1 is 1.60 bits per heavy atom. The van der Waals surface area contributed by atoms with E-state index in [4.69, 9.17) is 0 Å². The quantitative estimate of drug-likeness (QED) is 0.393. The van der Waals surface area contributed by atoms with Gasteiger partial charge >= 0.3 is 0 Å². The second-order valence-corrected chi connectivity index (χ2v) is 3.13. The Kier molecular flexibility index (Phi) is 1.07. The highest BCUT2D eigenvalue weighted by atomic mass is 16.1. The van der Waals surface area contributed by atoms with Crippen LogP contribution in [0.15, 0.2) is 24.3 Å². The molecule has 2 bridgehead atoms. The van der Waals surface area contributed by atoms with Gasteiger partial charge < -0.3 is 4.79 Å². The lowest BCUT2D eigenvalue weighted by Crippen LogP contribution is -2.09. The summed E-state index contributed by atoms with van der Waals surface area (Å²) in [6.45, 7) is 3.91. The molecule has 2 aliphatic rings. The topological polar surface area (TPSA) is 17.1 Å². The van der Waals surface area contributed by atoms with Crippen molar-refractivity contribution in [2.45, 2.75) is 6.42 Å². The van der Waals surface area contributed by atoms with Crippen molar-refractivity contribution < 1.29 is 4.79 Å². The lowest BCUT2D eigenvalue weighted by molar-refractivity contribution is -0.110. The summed E-state index contributed by atoms with van der Waals surface area (Å²) in [7, 11) is 0. The zero-order valence-corrected chi connectivity index (χ0v) is 5.79. The monoisotopic (exact) mass is 134 g/mol. The van der Waals surface area contributed by atoms with Gasteiger partial charge in [0.1, 0.15) is 6.29 Å². The van der Waals surface area contributed by atoms with Gasteiger partial charge in [-0.05, 0) is 18.3 Å². The molecule has 2 aliphatic carbocycles. The molecule has 0 aromatic rings. The second kappa shape index (κ2) is 1.82. The van der Waals surface area contributed by atoms with Gasteiger partial charge in [0.2, 0.25) is 0 Å². The third-order valence-electron chi connectivity index (χ3n) is 2.63. The van der Waals surface area contributed by atoms with Crippen LogP contribution in [0.3, 0.4) is 0 Å². The molecule has 1 fully saturated rings. The van der Waals surface area contributed by atoms with Crippen LogP contribution in [-0.4, -0.2) is 6.29 Å². The van der Waals surface area contributed by atoms with E-state index in [1.165, 1.54) is 0 Å². The van der Waals surface area contributed by atoms with Crippen LogP contribution in [-0.2, 0) is 4.79 Å². The molecule has 0 amide bonds. The Morgan fingerprint density at radius 2 is 2.40 bits per heavy atom. The number of hydrogen-bond donors (Lipinski definition) is 0. The summed E-state index contributed by atoms with van der Waals surface area (Å²) < 4.78 is 0. The van der Waals surface area contributed by atoms with E-state index in [9.17, 15) is 4.79 Å². The van der Waals surface area contributed by atoms with Crippen LogP contribution < -0.4 is 0 Å². The van der Waals surface area contributed by atoms with Crippen LogP contribution in [0.5, 0.6) is 0 Å². The third kappa shape index (κ3) is 0.551. The molecule has 0 aromatic heterocycles. The average Bonchev–Trinajstić information content (AvgIpc) is 2.46. The summed E-state index contributed by atoms with van der Waals surface area (Å²) in [5.41, 5.74) is 1.13. The summed E-state index contributed by atoms with van der Waals surface area (Å²) in [5, 5.41) is 0. The molecule has 0 radical (unpaired) electrons. The molecule has 0 heterocycles. The number of hydrogen-bond acceptors (Lipinski definition) is 1. The van der Waals surface area contributed by atoms with Crippen molar-refractivity contribution in [3.8, 4) is 0 Å². The molecule has 10 heavy (non-hydrogen) atoms. The van der Waals surface area contributed by atoms with E-state index in [0.29, 0.717) is 11.8 Å². The Morgan fingerprint density at radius 3 is 2.80 bits per heavy atom. The van der Waals surface area contributed by atoms with Crippen molar-refractivity contribution in [2.24, 2.45) is 17.8 Å². The van der Waals surface area contributed by atoms with E-state index in [1.54, 1.807) is 0 Å². The number of aldehydes is 1. The van der Waals surface area contributed by atoms with E-state index >= 15 is 0 Å². The summed E-state index contributed by atoms with van der Waals surface area (Å²) in [6.07, 6.45) is 6.49. The molecule has 1 saturated carbocycles. The SMILES string of the molecule is C=C1[C@@H](C=O)[C@@H]2C=C[C@H]1C2. The van der Waals surface area contributed by atoms with Crippen molar-refractivity contribution in [2.75, 3.05) is 0 Å². The molecule has 52 valence electrons. The fraction of sp³-hybridized carbons (Fsp3) is 0.444. The number of carbonyl (C=O) groups excluding carboxylic acids is 1. The highest BCUT2D eigenvalue weighted by Crippen LogP contribution is 2.45. The normalized spacial score (nSPS) is 42.8. The van der Waals surface area contributed by atoms with Crippen LogP contribution >= 0.6 is 0 Å². The number of allylic oxidation sites excluding steroid dienone is 3. The van der Waals surface area contributed by atoms with Gasteiger partial charge in [0.15, 0.2) is 0 Å². The molecule has 0 saturated heterocycles. The van der Waals surface area contributed by atoms with Gasteiger partial charge in [-0.3, -0.25) is 0 Å². The molecular formula is C9H10O. The Labute approximate surface area is 60.4 Å². The Hall–Kier alpha value is -0.850. The second-order valence-electron chi connectivity index (χ2n) is 3.13. The Bertz CT molecular complexity index is 215. The van der Waals surface area contributed by atoms with Gasteiger partial charge in [-0.2, -0.15) is 0 Å². The fourth-order valence-electron chi connectivity index (χ4n) is 1.98. The summed E-state index contributed by atoms with van der Waals surface area (Å²) in [4.78, 5) is 10.5. The van der Waals surface area contributed by atoms with Crippen molar-refractivity contribution >= 4 is 6.29 Å². The van der Waals surface area contributed by atoms with E-state index in [-0.39, 0.29) is 5.92 Å². The van der Waals surface area contributed by atoms with Crippen LogP contribution in [0.2, 0.25) is 0 Å². The standard InChI is InChI=1S/C9H10O/c1-6-7-2-3-8(4-7)9(6)5-10/h2-3,5,7-9H,1,4H2/t7-,8+,9+/m0/s1. The lowest BCUT2D eigenvalue weighted by Gasteiger charge is -2.12. The summed E-state index contributed by atoms with van der Waals surface area (Å²) >= 11 is 0. The van der Waals surface area contributed by atoms with Crippen LogP contribution in [0.4, 0.5) is 0 Å². The van der Waals surface area contributed by atoms with E-state index in [2.05, 4.69) is 18.7 Å². The molecule has 1 heteroatoms. The predicted octanol–water partition coefficient (Wildman–Crippen LogP) is 1.56. The van der Waals surface area contributed by atoms with Gasteiger partial charge in [-0.25, -0.2) is 0 Å². The largest absolute Gasteiger partial charge is 0.303 e. The average molecular weight is 134 g/mol.